The number of rotatable bonds is 4. The Morgan fingerprint density at radius 3 is 2.47 bits per heavy atom. The molecule has 2 atom stereocenters. The first-order valence-corrected chi connectivity index (χ1v) is 4.93. The molecule has 6 nitrogen and oxygen atoms in total. The van der Waals surface area contributed by atoms with Crippen LogP contribution in [0.4, 0.5) is 0 Å². The summed E-state index contributed by atoms with van der Waals surface area (Å²) in [4.78, 5) is 26.0. The van der Waals surface area contributed by atoms with Crippen molar-refractivity contribution in [2.24, 2.45) is 11.5 Å². The first-order chi connectivity index (χ1) is 6.93. The van der Waals surface area contributed by atoms with Gasteiger partial charge >= 0.3 is 0 Å². The average Bonchev–Trinajstić information content (AvgIpc) is 1.99. The fourth-order valence-corrected chi connectivity index (χ4v) is 1.63. The van der Waals surface area contributed by atoms with E-state index in [1.54, 1.807) is 0 Å². The second kappa shape index (κ2) is 4.59. The van der Waals surface area contributed by atoms with E-state index >= 15 is 0 Å². The number of carbonyl (C=O) groups excluding carboxylic acids is 2. The van der Waals surface area contributed by atoms with Crippen LogP contribution >= 0.6 is 0 Å². The minimum Gasteiger partial charge on any atom is -0.368 e. The first kappa shape index (κ1) is 11.9. The third-order valence-corrected chi connectivity index (χ3v) is 2.51. The van der Waals surface area contributed by atoms with E-state index in [9.17, 15) is 9.59 Å². The van der Waals surface area contributed by atoms with Gasteiger partial charge in [-0.2, -0.15) is 0 Å². The molecule has 15 heavy (non-hydrogen) atoms. The average molecular weight is 214 g/mol. The van der Waals surface area contributed by atoms with Gasteiger partial charge < -0.3 is 21.3 Å². The number of nitrogens with two attached hydrogens (primary N) is 2. The quantitative estimate of drug-likeness (QED) is 0.564. The van der Waals surface area contributed by atoms with E-state index in [2.05, 4.69) is 0 Å². The number of amides is 2. The van der Waals surface area contributed by atoms with Gasteiger partial charge in [0.05, 0.1) is 6.04 Å². The van der Waals surface area contributed by atoms with Crippen LogP contribution in [0.5, 0.6) is 0 Å². The molecule has 0 aromatic heterocycles. The molecular weight excluding hydrogens is 196 g/mol. The Labute approximate surface area is 89.2 Å². The van der Waals surface area contributed by atoms with E-state index in [1.165, 1.54) is 4.90 Å². The highest BCUT2D eigenvalue weighted by atomic mass is 16.2. The third-order valence-electron chi connectivity index (χ3n) is 2.51. The minimum absolute atomic E-state index is 0.196. The lowest BCUT2D eigenvalue weighted by Gasteiger charge is -2.40. The Bertz CT molecular complexity index is 267. The van der Waals surface area contributed by atoms with Gasteiger partial charge in [-0.3, -0.25) is 9.59 Å². The van der Waals surface area contributed by atoms with Gasteiger partial charge in [0, 0.05) is 13.1 Å². The summed E-state index contributed by atoms with van der Waals surface area (Å²) in [6.45, 7) is 1.05. The molecule has 0 aliphatic carbocycles. The molecule has 2 amide bonds. The van der Waals surface area contributed by atoms with Crippen LogP contribution in [0, 0.1) is 0 Å². The van der Waals surface area contributed by atoms with Gasteiger partial charge in [0.1, 0.15) is 6.04 Å². The van der Waals surface area contributed by atoms with Crippen LogP contribution in [0.1, 0.15) is 6.42 Å². The van der Waals surface area contributed by atoms with E-state index in [0.717, 1.165) is 0 Å². The molecule has 1 rings (SSSR count). The van der Waals surface area contributed by atoms with Crippen molar-refractivity contribution in [2.45, 2.75) is 18.5 Å². The molecule has 1 saturated heterocycles. The van der Waals surface area contributed by atoms with Gasteiger partial charge in [-0.25, -0.2) is 0 Å². The number of carbonyl (C=O) groups is 2. The molecule has 6 heteroatoms. The Hall–Kier alpha value is -1.14. The zero-order valence-electron chi connectivity index (χ0n) is 9.14. The summed E-state index contributed by atoms with van der Waals surface area (Å²) in [6.07, 6.45) is 0.649. The Morgan fingerprint density at radius 2 is 2.13 bits per heavy atom. The number of primary amides is 1. The van der Waals surface area contributed by atoms with Crippen molar-refractivity contribution in [3.05, 3.63) is 0 Å². The molecular formula is C9H18N4O2. The fourth-order valence-electron chi connectivity index (χ4n) is 1.63. The zero-order chi connectivity index (χ0) is 11.6. The lowest BCUT2D eigenvalue weighted by Crippen LogP contribution is -2.62. The molecule has 0 aromatic rings. The molecule has 1 aliphatic heterocycles. The van der Waals surface area contributed by atoms with Gasteiger partial charge in [-0.05, 0) is 20.5 Å². The Balaban J connectivity index is 2.50. The van der Waals surface area contributed by atoms with Crippen LogP contribution in [-0.2, 0) is 9.59 Å². The van der Waals surface area contributed by atoms with Crippen molar-refractivity contribution in [2.75, 3.05) is 27.2 Å². The molecule has 0 aromatic carbocycles. The molecule has 0 radical (unpaired) electrons. The van der Waals surface area contributed by atoms with Crippen molar-refractivity contribution >= 4 is 11.8 Å². The smallest absolute Gasteiger partial charge is 0.241 e. The summed E-state index contributed by atoms with van der Waals surface area (Å²) >= 11 is 0. The van der Waals surface area contributed by atoms with Crippen LogP contribution in [0.15, 0.2) is 0 Å². The molecule has 0 saturated carbocycles. The number of hydrogen-bond donors (Lipinski definition) is 2. The summed E-state index contributed by atoms with van der Waals surface area (Å²) < 4.78 is 0. The highest BCUT2D eigenvalue weighted by molar-refractivity contribution is 5.90. The van der Waals surface area contributed by atoms with Crippen LogP contribution in [0.2, 0.25) is 0 Å². The number of nitrogens with zero attached hydrogens (tertiary/aromatic N) is 2. The van der Waals surface area contributed by atoms with Crippen LogP contribution in [0.25, 0.3) is 0 Å². The summed E-state index contributed by atoms with van der Waals surface area (Å²) in [5.41, 5.74) is 10.8. The van der Waals surface area contributed by atoms with E-state index in [1.807, 2.05) is 19.0 Å². The lowest BCUT2D eigenvalue weighted by molar-refractivity contribution is -0.147. The summed E-state index contributed by atoms with van der Waals surface area (Å²) in [6, 6.07) is -1.03. The topological polar surface area (TPSA) is 92.7 Å². The summed E-state index contributed by atoms with van der Waals surface area (Å²) in [5, 5.41) is 0. The van der Waals surface area contributed by atoms with Crippen LogP contribution in [-0.4, -0.2) is 60.9 Å². The molecule has 0 bridgehead atoms. The molecule has 86 valence electrons. The van der Waals surface area contributed by atoms with Crippen LogP contribution < -0.4 is 11.5 Å². The maximum atomic E-state index is 11.7. The van der Waals surface area contributed by atoms with E-state index < -0.39 is 18.0 Å². The highest BCUT2D eigenvalue weighted by Crippen LogP contribution is 2.17. The standard InChI is InChI=1S/C9H18N4O2/c1-12(2)5-6(10)9(15)13-4-3-7(13)8(11)14/h6-7H,3-5,10H2,1-2H3,(H2,11,14). The van der Waals surface area contributed by atoms with Crippen molar-refractivity contribution in [1.29, 1.82) is 0 Å². The monoisotopic (exact) mass is 214 g/mol. The number of likely N-dealkylation sites (N-methyl/N-ethyl adjacent to an activating group) is 1. The zero-order valence-corrected chi connectivity index (χ0v) is 9.14. The third kappa shape index (κ3) is 2.66. The van der Waals surface area contributed by atoms with Crippen molar-refractivity contribution < 1.29 is 9.59 Å². The minimum atomic E-state index is -0.581. The predicted octanol–water partition coefficient (Wildman–Crippen LogP) is -2.04. The highest BCUT2D eigenvalue weighted by Gasteiger charge is 2.38. The number of likely N-dealkylation sites (tertiary alicyclic amines) is 1. The maximum absolute atomic E-state index is 11.7. The van der Waals surface area contributed by atoms with Gasteiger partial charge in [-0.1, -0.05) is 0 Å². The van der Waals surface area contributed by atoms with Crippen molar-refractivity contribution in [3.63, 3.8) is 0 Å². The normalized spacial score (nSPS) is 22.4. The van der Waals surface area contributed by atoms with Crippen molar-refractivity contribution in [1.82, 2.24) is 9.80 Å². The first-order valence-electron chi connectivity index (χ1n) is 4.93. The van der Waals surface area contributed by atoms with Gasteiger partial charge in [-0.15, -0.1) is 0 Å². The van der Waals surface area contributed by atoms with E-state index in [4.69, 9.17) is 11.5 Å². The lowest BCUT2D eigenvalue weighted by atomic mass is 10.0. The maximum Gasteiger partial charge on any atom is 0.241 e. The van der Waals surface area contributed by atoms with Gasteiger partial charge in [0.15, 0.2) is 0 Å². The predicted molar refractivity (Wildman–Crippen MR) is 55.8 cm³/mol. The van der Waals surface area contributed by atoms with Gasteiger partial charge in [0.25, 0.3) is 0 Å². The van der Waals surface area contributed by atoms with Crippen molar-refractivity contribution in [3.8, 4) is 0 Å². The molecule has 1 heterocycles. The second-order valence-corrected chi connectivity index (χ2v) is 4.11. The SMILES string of the molecule is CN(C)CC(N)C(=O)N1CCC1C(N)=O. The van der Waals surface area contributed by atoms with Gasteiger partial charge in [0.2, 0.25) is 11.8 Å². The fraction of sp³-hybridized carbons (Fsp3) is 0.778. The summed E-state index contributed by atoms with van der Waals surface area (Å²) in [7, 11) is 3.68. The largest absolute Gasteiger partial charge is 0.368 e. The Kier molecular flexibility index (Phi) is 3.65. The summed E-state index contributed by atoms with van der Waals surface area (Å²) in [5.74, 6) is -0.648. The van der Waals surface area contributed by atoms with E-state index in [0.29, 0.717) is 19.5 Å². The number of hydrogen-bond acceptors (Lipinski definition) is 4. The molecule has 1 aliphatic rings. The second-order valence-electron chi connectivity index (χ2n) is 4.11. The molecule has 2 unspecified atom stereocenters. The van der Waals surface area contributed by atoms with E-state index in [-0.39, 0.29) is 5.91 Å². The molecule has 4 N–H and O–H groups in total. The molecule has 1 fully saturated rings. The van der Waals surface area contributed by atoms with Crippen LogP contribution in [0.3, 0.4) is 0 Å². The molecule has 0 spiro atoms. The Morgan fingerprint density at radius 1 is 1.53 bits per heavy atom.